The molecule has 152 valence electrons. The van der Waals surface area contributed by atoms with Gasteiger partial charge in [0.1, 0.15) is 0 Å². The van der Waals surface area contributed by atoms with Gasteiger partial charge in [-0.1, -0.05) is 11.6 Å². The van der Waals surface area contributed by atoms with Crippen molar-refractivity contribution in [3.63, 3.8) is 0 Å². The number of carbonyl (C=O) groups excluding carboxylic acids is 1. The SMILES string of the molecule is O=C(CCn1cnc2cc(S(=O)(=O)N3CCCC3)ccc21)Nc1ccc(Cl)cc1. The van der Waals surface area contributed by atoms with Gasteiger partial charge >= 0.3 is 0 Å². The fraction of sp³-hybridized carbons (Fsp3) is 0.300. The monoisotopic (exact) mass is 432 g/mol. The van der Waals surface area contributed by atoms with Crippen LogP contribution in [-0.2, 0) is 21.4 Å². The van der Waals surface area contributed by atoms with E-state index in [0.717, 1.165) is 18.4 Å². The Morgan fingerprint density at radius 1 is 1.10 bits per heavy atom. The maximum atomic E-state index is 12.7. The summed E-state index contributed by atoms with van der Waals surface area (Å²) in [4.78, 5) is 16.8. The lowest BCUT2D eigenvalue weighted by molar-refractivity contribution is -0.116. The van der Waals surface area contributed by atoms with Gasteiger partial charge in [-0.25, -0.2) is 13.4 Å². The number of carbonyl (C=O) groups is 1. The zero-order valence-electron chi connectivity index (χ0n) is 15.7. The van der Waals surface area contributed by atoms with Crippen LogP contribution in [0.3, 0.4) is 0 Å². The van der Waals surface area contributed by atoms with E-state index in [1.807, 2.05) is 4.57 Å². The molecule has 1 N–H and O–H groups in total. The first kappa shape index (κ1) is 19.9. The molecule has 0 spiro atoms. The minimum absolute atomic E-state index is 0.123. The summed E-state index contributed by atoms with van der Waals surface area (Å²) in [5.74, 6) is -0.123. The third kappa shape index (κ3) is 4.29. The highest BCUT2D eigenvalue weighted by Gasteiger charge is 2.27. The average molecular weight is 433 g/mol. The quantitative estimate of drug-likeness (QED) is 0.646. The predicted molar refractivity (Wildman–Crippen MR) is 112 cm³/mol. The number of hydrogen-bond acceptors (Lipinski definition) is 4. The Kier molecular flexibility index (Phi) is 5.58. The maximum Gasteiger partial charge on any atom is 0.243 e. The van der Waals surface area contributed by atoms with Crippen LogP contribution in [0, 0.1) is 0 Å². The van der Waals surface area contributed by atoms with Crippen LogP contribution in [-0.4, -0.2) is 41.3 Å². The predicted octanol–water partition coefficient (Wildman–Crippen LogP) is 3.50. The fourth-order valence-electron chi connectivity index (χ4n) is 3.44. The van der Waals surface area contributed by atoms with Gasteiger partial charge in [-0.3, -0.25) is 4.79 Å². The topological polar surface area (TPSA) is 84.3 Å². The summed E-state index contributed by atoms with van der Waals surface area (Å²) in [6.45, 7) is 1.57. The molecule has 9 heteroatoms. The number of anilines is 1. The molecule has 0 bridgehead atoms. The highest BCUT2D eigenvalue weighted by Crippen LogP contribution is 2.24. The molecule has 1 aliphatic heterocycles. The molecule has 1 fully saturated rings. The molecular weight excluding hydrogens is 412 g/mol. The molecule has 0 saturated carbocycles. The number of nitrogens with one attached hydrogen (secondary N) is 1. The molecule has 2 heterocycles. The van der Waals surface area contributed by atoms with Crippen molar-refractivity contribution in [1.29, 1.82) is 0 Å². The summed E-state index contributed by atoms with van der Waals surface area (Å²) in [5, 5.41) is 3.43. The van der Waals surface area contributed by atoms with Crippen molar-refractivity contribution in [2.24, 2.45) is 0 Å². The summed E-state index contributed by atoms with van der Waals surface area (Å²) < 4.78 is 28.8. The molecule has 0 atom stereocenters. The van der Waals surface area contributed by atoms with Crippen molar-refractivity contribution in [3.05, 3.63) is 53.8 Å². The molecular formula is C20H21ClN4O3S. The number of nitrogens with zero attached hydrogens (tertiary/aromatic N) is 3. The second-order valence-corrected chi connectivity index (χ2v) is 9.38. The Bertz CT molecular complexity index is 1140. The van der Waals surface area contributed by atoms with Gasteiger partial charge < -0.3 is 9.88 Å². The van der Waals surface area contributed by atoms with Gasteiger partial charge in [0, 0.05) is 36.8 Å². The van der Waals surface area contributed by atoms with Crippen LogP contribution in [0.5, 0.6) is 0 Å². The summed E-state index contributed by atoms with van der Waals surface area (Å²) >= 11 is 5.85. The molecule has 3 aromatic rings. The third-order valence-electron chi connectivity index (χ3n) is 5.00. The smallest absolute Gasteiger partial charge is 0.243 e. The number of aryl methyl sites for hydroxylation is 1. The normalized spacial score (nSPS) is 15.1. The molecule has 2 aromatic carbocycles. The lowest BCUT2D eigenvalue weighted by Gasteiger charge is -2.15. The number of aromatic nitrogens is 2. The van der Waals surface area contributed by atoms with E-state index in [-0.39, 0.29) is 17.2 Å². The first-order valence-corrected chi connectivity index (χ1v) is 11.3. The molecule has 0 radical (unpaired) electrons. The summed E-state index contributed by atoms with van der Waals surface area (Å²) in [7, 11) is -3.47. The number of hydrogen-bond donors (Lipinski definition) is 1. The van der Waals surface area contributed by atoms with Crippen LogP contribution in [0.15, 0.2) is 53.7 Å². The molecule has 1 aliphatic rings. The minimum Gasteiger partial charge on any atom is -0.330 e. The van der Waals surface area contributed by atoms with E-state index in [1.54, 1.807) is 48.8 Å². The van der Waals surface area contributed by atoms with Crippen LogP contribution >= 0.6 is 11.6 Å². The summed E-state index contributed by atoms with van der Waals surface area (Å²) in [5.41, 5.74) is 2.08. The minimum atomic E-state index is -3.47. The standard InChI is InChI=1S/C20H21ClN4O3S/c21-15-3-5-16(6-4-15)23-20(26)9-12-24-14-22-18-13-17(7-8-19(18)24)29(27,28)25-10-1-2-11-25/h3-8,13-14H,1-2,9-12H2,(H,23,26). The Balaban J connectivity index is 1.45. The molecule has 29 heavy (non-hydrogen) atoms. The van der Waals surface area contributed by atoms with E-state index in [4.69, 9.17) is 11.6 Å². The number of halogens is 1. The Morgan fingerprint density at radius 3 is 2.55 bits per heavy atom. The molecule has 7 nitrogen and oxygen atoms in total. The number of fused-ring (bicyclic) bond motifs is 1. The number of rotatable bonds is 6. The molecule has 4 rings (SSSR count). The second-order valence-electron chi connectivity index (χ2n) is 7.00. The van der Waals surface area contributed by atoms with Gasteiger partial charge in [-0.15, -0.1) is 0 Å². The van der Waals surface area contributed by atoms with Crippen molar-refractivity contribution in [1.82, 2.24) is 13.9 Å². The van der Waals surface area contributed by atoms with Crippen molar-refractivity contribution >= 4 is 44.3 Å². The van der Waals surface area contributed by atoms with Crippen LogP contribution in [0.1, 0.15) is 19.3 Å². The van der Waals surface area contributed by atoms with Gasteiger partial charge in [0.2, 0.25) is 15.9 Å². The van der Waals surface area contributed by atoms with E-state index < -0.39 is 10.0 Å². The van der Waals surface area contributed by atoms with Gasteiger partial charge in [0.05, 0.1) is 22.3 Å². The first-order valence-electron chi connectivity index (χ1n) is 9.44. The molecule has 0 unspecified atom stereocenters. The number of sulfonamides is 1. The lowest BCUT2D eigenvalue weighted by atomic mass is 10.3. The Morgan fingerprint density at radius 2 is 1.83 bits per heavy atom. The van der Waals surface area contributed by atoms with Crippen LogP contribution in [0.2, 0.25) is 5.02 Å². The number of imidazole rings is 1. The fourth-order valence-corrected chi connectivity index (χ4v) is 5.10. The molecule has 1 amide bonds. The molecule has 1 saturated heterocycles. The Hall–Kier alpha value is -2.42. The van der Waals surface area contributed by atoms with Crippen LogP contribution in [0.25, 0.3) is 11.0 Å². The van der Waals surface area contributed by atoms with Gasteiger partial charge in [-0.2, -0.15) is 4.31 Å². The van der Waals surface area contributed by atoms with Crippen molar-refractivity contribution in [2.75, 3.05) is 18.4 Å². The van der Waals surface area contributed by atoms with E-state index in [9.17, 15) is 13.2 Å². The first-order chi connectivity index (χ1) is 13.9. The van der Waals surface area contributed by atoms with Crippen molar-refractivity contribution in [3.8, 4) is 0 Å². The number of benzene rings is 2. The lowest BCUT2D eigenvalue weighted by Crippen LogP contribution is -2.27. The van der Waals surface area contributed by atoms with Crippen LogP contribution < -0.4 is 5.32 Å². The highest BCUT2D eigenvalue weighted by atomic mass is 35.5. The zero-order valence-corrected chi connectivity index (χ0v) is 17.3. The molecule has 0 aliphatic carbocycles. The van der Waals surface area contributed by atoms with E-state index in [1.165, 1.54) is 4.31 Å². The van der Waals surface area contributed by atoms with Gasteiger partial charge in [-0.05, 0) is 55.3 Å². The van der Waals surface area contributed by atoms with E-state index in [0.29, 0.717) is 35.9 Å². The summed E-state index contributed by atoms with van der Waals surface area (Å²) in [6, 6.07) is 11.9. The maximum absolute atomic E-state index is 12.7. The van der Waals surface area contributed by atoms with E-state index in [2.05, 4.69) is 10.3 Å². The van der Waals surface area contributed by atoms with Gasteiger partial charge in [0.15, 0.2) is 0 Å². The highest BCUT2D eigenvalue weighted by molar-refractivity contribution is 7.89. The van der Waals surface area contributed by atoms with Gasteiger partial charge in [0.25, 0.3) is 0 Å². The third-order valence-corrected chi connectivity index (χ3v) is 7.15. The summed E-state index contributed by atoms with van der Waals surface area (Å²) in [6.07, 6.45) is 3.69. The average Bonchev–Trinajstić information content (AvgIpc) is 3.38. The van der Waals surface area contributed by atoms with Crippen molar-refractivity contribution in [2.45, 2.75) is 30.7 Å². The van der Waals surface area contributed by atoms with Crippen LogP contribution in [0.4, 0.5) is 5.69 Å². The van der Waals surface area contributed by atoms with E-state index >= 15 is 0 Å². The second kappa shape index (κ2) is 8.14. The molecule has 1 aromatic heterocycles. The zero-order chi connectivity index (χ0) is 20.4. The number of amides is 1. The Labute approximate surface area is 174 Å². The van der Waals surface area contributed by atoms with Crippen molar-refractivity contribution < 1.29 is 13.2 Å². The largest absolute Gasteiger partial charge is 0.330 e.